The summed E-state index contributed by atoms with van der Waals surface area (Å²) in [5, 5.41) is 11.1. The highest BCUT2D eigenvalue weighted by Crippen LogP contribution is 2.36. The van der Waals surface area contributed by atoms with Gasteiger partial charge in [-0.15, -0.1) is 11.8 Å². The first-order chi connectivity index (χ1) is 10.6. The van der Waals surface area contributed by atoms with Crippen LogP contribution in [0.25, 0.3) is 0 Å². The van der Waals surface area contributed by atoms with Crippen LogP contribution >= 0.6 is 11.8 Å². The van der Waals surface area contributed by atoms with Crippen molar-refractivity contribution >= 4 is 17.4 Å². The van der Waals surface area contributed by atoms with Gasteiger partial charge >= 0.3 is 0 Å². The number of ether oxygens (including phenoxy) is 2. The van der Waals surface area contributed by atoms with E-state index in [2.05, 4.69) is 12.1 Å². The van der Waals surface area contributed by atoms with Crippen LogP contribution in [0.3, 0.4) is 0 Å². The third kappa shape index (κ3) is 3.23. The van der Waals surface area contributed by atoms with E-state index in [1.807, 2.05) is 19.1 Å². The second-order valence-corrected chi connectivity index (χ2v) is 6.11. The molecule has 0 N–H and O–H groups in total. The van der Waals surface area contributed by atoms with Gasteiger partial charge < -0.3 is 9.47 Å². The van der Waals surface area contributed by atoms with Crippen LogP contribution in [-0.4, -0.2) is 11.7 Å². The maximum atomic E-state index is 11.1. The lowest BCUT2D eigenvalue weighted by atomic mass is 10.1. The van der Waals surface area contributed by atoms with E-state index in [0.29, 0.717) is 12.4 Å². The zero-order chi connectivity index (χ0) is 15.5. The van der Waals surface area contributed by atoms with E-state index in [9.17, 15) is 10.1 Å². The van der Waals surface area contributed by atoms with Crippen molar-refractivity contribution < 1.29 is 14.4 Å². The van der Waals surface area contributed by atoms with Crippen molar-refractivity contribution in [1.29, 1.82) is 0 Å². The summed E-state index contributed by atoms with van der Waals surface area (Å²) in [6.45, 7) is 2.57. The number of nitro groups is 1. The van der Waals surface area contributed by atoms with Gasteiger partial charge in [-0.3, -0.25) is 10.1 Å². The van der Waals surface area contributed by atoms with Gasteiger partial charge in [-0.25, -0.2) is 0 Å². The van der Waals surface area contributed by atoms with E-state index in [-0.39, 0.29) is 17.4 Å². The average Bonchev–Trinajstić information content (AvgIpc) is 2.53. The average molecular weight is 317 g/mol. The van der Waals surface area contributed by atoms with Crippen LogP contribution in [0.5, 0.6) is 5.75 Å². The summed E-state index contributed by atoms with van der Waals surface area (Å²) in [6, 6.07) is 11.3. The normalized spacial score (nSPS) is 13.3. The SMILES string of the molecule is Cc1ccc(SCc2cc([N+](=O)[O-])cc3c2OCOC3)cc1. The molecule has 0 amide bonds. The summed E-state index contributed by atoms with van der Waals surface area (Å²) in [4.78, 5) is 11.8. The van der Waals surface area contributed by atoms with Gasteiger partial charge in [-0.05, 0) is 19.1 Å². The number of hydrogen-bond acceptors (Lipinski definition) is 5. The highest BCUT2D eigenvalue weighted by Gasteiger charge is 2.20. The van der Waals surface area contributed by atoms with Crippen molar-refractivity contribution in [2.24, 2.45) is 0 Å². The second kappa shape index (κ2) is 6.37. The molecular weight excluding hydrogens is 302 g/mol. The summed E-state index contributed by atoms with van der Waals surface area (Å²) < 4.78 is 10.7. The third-order valence-corrected chi connectivity index (χ3v) is 4.46. The molecule has 0 aliphatic carbocycles. The molecule has 1 heterocycles. The Morgan fingerprint density at radius 2 is 2.05 bits per heavy atom. The van der Waals surface area contributed by atoms with E-state index in [1.165, 1.54) is 11.6 Å². The molecule has 0 saturated carbocycles. The fourth-order valence-electron chi connectivity index (χ4n) is 2.29. The Kier molecular flexibility index (Phi) is 4.31. The highest BCUT2D eigenvalue weighted by atomic mass is 32.2. The van der Waals surface area contributed by atoms with Crippen molar-refractivity contribution in [3.05, 3.63) is 63.2 Å². The van der Waals surface area contributed by atoms with Crippen molar-refractivity contribution in [2.75, 3.05) is 6.79 Å². The number of rotatable bonds is 4. The molecule has 114 valence electrons. The zero-order valence-electron chi connectivity index (χ0n) is 12.1. The monoisotopic (exact) mass is 317 g/mol. The Bertz CT molecular complexity index is 700. The van der Waals surface area contributed by atoms with Gasteiger partial charge in [-0.2, -0.15) is 0 Å². The molecule has 3 rings (SSSR count). The van der Waals surface area contributed by atoms with Crippen LogP contribution in [0.1, 0.15) is 16.7 Å². The van der Waals surface area contributed by atoms with E-state index in [0.717, 1.165) is 21.8 Å². The van der Waals surface area contributed by atoms with Crippen molar-refractivity contribution in [3.8, 4) is 5.75 Å². The van der Waals surface area contributed by atoms with E-state index in [4.69, 9.17) is 9.47 Å². The lowest BCUT2D eigenvalue weighted by molar-refractivity contribution is -0.385. The number of nitrogens with zero attached hydrogens (tertiary/aromatic N) is 1. The van der Waals surface area contributed by atoms with Gasteiger partial charge in [0.05, 0.1) is 11.5 Å². The fourth-order valence-corrected chi connectivity index (χ4v) is 3.15. The quantitative estimate of drug-likeness (QED) is 0.483. The summed E-state index contributed by atoms with van der Waals surface area (Å²) in [6.07, 6.45) is 0. The standard InChI is InChI=1S/C16H15NO4S/c1-11-2-4-15(5-3-11)22-9-13-7-14(17(18)19)6-12-8-20-10-21-16(12)13/h2-7H,8-10H2,1H3. The minimum atomic E-state index is -0.380. The molecule has 0 atom stereocenters. The number of fused-ring (bicyclic) bond motifs is 1. The lowest BCUT2D eigenvalue weighted by Gasteiger charge is -2.20. The number of benzene rings is 2. The van der Waals surface area contributed by atoms with Gasteiger partial charge in [0.2, 0.25) is 0 Å². The molecule has 0 fully saturated rings. The number of thioether (sulfide) groups is 1. The summed E-state index contributed by atoms with van der Waals surface area (Å²) in [5.41, 5.74) is 2.85. The third-order valence-electron chi connectivity index (χ3n) is 3.40. The van der Waals surface area contributed by atoms with Gasteiger partial charge in [0, 0.05) is 33.9 Å². The topological polar surface area (TPSA) is 61.6 Å². The predicted molar refractivity (Wildman–Crippen MR) is 84.1 cm³/mol. The molecule has 2 aromatic rings. The van der Waals surface area contributed by atoms with E-state index >= 15 is 0 Å². The Hall–Kier alpha value is -2.05. The number of aryl methyl sites for hydroxylation is 1. The molecule has 0 spiro atoms. The van der Waals surface area contributed by atoms with Gasteiger partial charge in [0.25, 0.3) is 5.69 Å². The van der Waals surface area contributed by atoms with Gasteiger partial charge in [-0.1, -0.05) is 17.7 Å². The molecule has 0 aromatic heterocycles. The summed E-state index contributed by atoms with van der Waals surface area (Å²) >= 11 is 1.63. The van der Waals surface area contributed by atoms with Gasteiger partial charge in [0.15, 0.2) is 6.79 Å². The van der Waals surface area contributed by atoms with Crippen LogP contribution in [0.2, 0.25) is 0 Å². The Balaban J connectivity index is 1.86. The second-order valence-electron chi connectivity index (χ2n) is 5.06. The number of non-ortho nitro benzene ring substituents is 1. The van der Waals surface area contributed by atoms with Crippen LogP contribution in [-0.2, 0) is 17.1 Å². The first-order valence-corrected chi connectivity index (χ1v) is 7.82. The lowest BCUT2D eigenvalue weighted by Crippen LogP contribution is -2.13. The summed E-state index contributed by atoms with van der Waals surface area (Å²) in [5.74, 6) is 1.34. The zero-order valence-corrected chi connectivity index (χ0v) is 12.9. The molecule has 0 bridgehead atoms. The maximum absolute atomic E-state index is 11.1. The van der Waals surface area contributed by atoms with Crippen molar-refractivity contribution in [2.45, 2.75) is 24.2 Å². The minimum absolute atomic E-state index is 0.0763. The largest absolute Gasteiger partial charge is 0.467 e. The molecule has 0 radical (unpaired) electrons. The highest BCUT2D eigenvalue weighted by molar-refractivity contribution is 7.98. The smallest absolute Gasteiger partial charge is 0.270 e. The first-order valence-electron chi connectivity index (χ1n) is 6.83. The fraction of sp³-hybridized carbons (Fsp3) is 0.250. The van der Waals surface area contributed by atoms with Crippen molar-refractivity contribution in [3.63, 3.8) is 0 Å². The molecule has 6 heteroatoms. The number of nitro benzene ring substituents is 1. The number of hydrogen-bond donors (Lipinski definition) is 0. The van der Waals surface area contributed by atoms with Crippen molar-refractivity contribution in [1.82, 2.24) is 0 Å². The van der Waals surface area contributed by atoms with Gasteiger partial charge in [0.1, 0.15) is 5.75 Å². The predicted octanol–water partition coefficient (Wildman–Crippen LogP) is 4.06. The molecule has 0 saturated heterocycles. The Labute approximate surface area is 132 Å². The van der Waals surface area contributed by atoms with Crippen LogP contribution in [0.4, 0.5) is 5.69 Å². The van der Waals surface area contributed by atoms with E-state index in [1.54, 1.807) is 17.8 Å². The maximum Gasteiger partial charge on any atom is 0.270 e. The molecule has 22 heavy (non-hydrogen) atoms. The molecule has 5 nitrogen and oxygen atoms in total. The molecule has 0 unspecified atom stereocenters. The molecule has 1 aliphatic rings. The van der Waals surface area contributed by atoms with E-state index < -0.39 is 0 Å². The molecular formula is C16H15NO4S. The van der Waals surface area contributed by atoms with Crippen LogP contribution in [0, 0.1) is 17.0 Å². The first kappa shape index (κ1) is 14.9. The van der Waals surface area contributed by atoms with Crippen LogP contribution in [0.15, 0.2) is 41.3 Å². The Morgan fingerprint density at radius 3 is 2.77 bits per heavy atom. The summed E-state index contributed by atoms with van der Waals surface area (Å²) in [7, 11) is 0. The molecule has 2 aromatic carbocycles. The minimum Gasteiger partial charge on any atom is -0.467 e. The van der Waals surface area contributed by atoms with Crippen LogP contribution < -0.4 is 4.74 Å². The Morgan fingerprint density at radius 1 is 1.27 bits per heavy atom. The molecule has 1 aliphatic heterocycles.